The van der Waals surface area contributed by atoms with Crippen LogP contribution in [0.25, 0.3) is 0 Å². The van der Waals surface area contributed by atoms with Crippen molar-refractivity contribution in [3.63, 3.8) is 0 Å². The molecule has 0 aliphatic carbocycles. The maximum Gasteiger partial charge on any atom is 0.257 e. The Morgan fingerprint density at radius 1 is 1.65 bits per heavy atom. The summed E-state index contributed by atoms with van der Waals surface area (Å²) in [5, 5.41) is 4.03. The van der Waals surface area contributed by atoms with Gasteiger partial charge in [0, 0.05) is 32.4 Å². The van der Waals surface area contributed by atoms with Gasteiger partial charge in [-0.15, -0.1) is 0 Å². The fourth-order valence-electron chi connectivity index (χ4n) is 2.34. The second kappa shape index (κ2) is 4.87. The predicted molar refractivity (Wildman–Crippen MR) is 65.5 cm³/mol. The van der Waals surface area contributed by atoms with Crippen molar-refractivity contribution in [1.82, 2.24) is 14.7 Å². The molecule has 0 saturated carbocycles. The monoisotopic (exact) mass is 236 g/mol. The first-order valence-electron chi connectivity index (χ1n) is 6.11. The maximum absolute atomic E-state index is 12.2. The molecule has 5 heteroatoms. The van der Waals surface area contributed by atoms with Gasteiger partial charge >= 0.3 is 0 Å². The van der Waals surface area contributed by atoms with E-state index in [1.54, 1.807) is 17.1 Å². The van der Waals surface area contributed by atoms with Gasteiger partial charge in [0.05, 0.1) is 11.8 Å². The van der Waals surface area contributed by atoms with Crippen LogP contribution in [0.5, 0.6) is 0 Å². The molecule has 2 unspecified atom stereocenters. The molecule has 2 rings (SSSR count). The minimum Gasteiger partial charge on any atom is -0.338 e. The van der Waals surface area contributed by atoms with E-state index in [9.17, 15) is 4.79 Å². The number of aryl methyl sites for hydroxylation is 1. The van der Waals surface area contributed by atoms with Gasteiger partial charge in [0.15, 0.2) is 0 Å². The predicted octanol–water partition coefficient (Wildman–Crippen LogP) is 0.619. The Labute approximate surface area is 102 Å². The van der Waals surface area contributed by atoms with Crippen LogP contribution in [-0.4, -0.2) is 39.7 Å². The Morgan fingerprint density at radius 2 is 2.41 bits per heavy atom. The van der Waals surface area contributed by atoms with Crippen molar-refractivity contribution in [2.75, 3.05) is 13.1 Å². The van der Waals surface area contributed by atoms with Crippen LogP contribution in [-0.2, 0) is 7.05 Å². The second-order valence-corrected chi connectivity index (χ2v) is 4.92. The van der Waals surface area contributed by atoms with Crippen molar-refractivity contribution in [1.29, 1.82) is 0 Å². The molecule has 0 aromatic carbocycles. The molecule has 1 aromatic heterocycles. The molecule has 0 radical (unpaired) electrons. The number of aromatic nitrogens is 2. The highest BCUT2D eigenvalue weighted by atomic mass is 16.2. The van der Waals surface area contributed by atoms with E-state index in [4.69, 9.17) is 5.73 Å². The number of hydrogen-bond donors (Lipinski definition) is 1. The van der Waals surface area contributed by atoms with Gasteiger partial charge in [-0.2, -0.15) is 5.10 Å². The topological polar surface area (TPSA) is 64.2 Å². The fraction of sp³-hybridized carbons (Fsp3) is 0.667. The van der Waals surface area contributed by atoms with E-state index in [2.05, 4.69) is 5.10 Å². The van der Waals surface area contributed by atoms with Gasteiger partial charge in [-0.25, -0.2) is 0 Å². The van der Waals surface area contributed by atoms with E-state index >= 15 is 0 Å². The minimum atomic E-state index is 0.0726. The molecule has 2 atom stereocenters. The number of amides is 1. The Hall–Kier alpha value is -1.36. The van der Waals surface area contributed by atoms with Crippen molar-refractivity contribution in [3.05, 3.63) is 18.0 Å². The quantitative estimate of drug-likeness (QED) is 0.818. The zero-order chi connectivity index (χ0) is 12.4. The number of likely N-dealkylation sites (tertiary alicyclic amines) is 1. The molecule has 0 spiro atoms. The molecule has 94 valence electrons. The lowest BCUT2D eigenvalue weighted by molar-refractivity contribution is 0.0661. The summed E-state index contributed by atoms with van der Waals surface area (Å²) in [7, 11) is 1.82. The van der Waals surface area contributed by atoms with Crippen molar-refractivity contribution in [2.24, 2.45) is 18.7 Å². The Bertz CT molecular complexity index is 399. The van der Waals surface area contributed by atoms with Crippen LogP contribution < -0.4 is 5.73 Å². The third kappa shape index (κ3) is 2.66. The van der Waals surface area contributed by atoms with Gasteiger partial charge in [-0.3, -0.25) is 9.48 Å². The van der Waals surface area contributed by atoms with Crippen molar-refractivity contribution in [3.8, 4) is 0 Å². The summed E-state index contributed by atoms with van der Waals surface area (Å²) in [5.41, 5.74) is 6.58. The molecule has 1 saturated heterocycles. The Morgan fingerprint density at radius 3 is 3.00 bits per heavy atom. The zero-order valence-electron chi connectivity index (χ0n) is 10.5. The SMILES string of the molecule is CC(N)C1CCCN(C(=O)c2cnn(C)c2)C1. The van der Waals surface area contributed by atoms with Gasteiger partial charge in [0.2, 0.25) is 0 Å². The molecule has 1 aliphatic rings. The van der Waals surface area contributed by atoms with Crippen LogP contribution in [0.3, 0.4) is 0 Å². The van der Waals surface area contributed by atoms with Gasteiger partial charge in [0.25, 0.3) is 5.91 Å². The summed E-state index contributed by atoms with van der Waals surface area (Å²) >= 11 is 0. The summed E-state index contributed by atoms with van der Waals surface area (Å²) in [6.07, 6.45) is 5.54. The normalized spacial score (nSPS) is 22.5. The maximum atomic E-state index is 12.2. The second-order valence-electron chi connectivity index (χ2n) is 4.92. The van der Waals surface area contributed by atoms with Crippen LogP contribution in [0, 0.1) is 5.92 Å². The average molecular weight is 236 g/mol. The van der Waals surface area contributed by atoms with Gasteiger partial charge < -0.3 is 10.6 Å². The first-order chi connectivity index (χ1) is 8.08. The lowest BCUT2D eigenvalue weighted by atomic mass is 9.92. The van der Waals surface area contributed by atoms with Crippen molar-refractivity contribution < 1.29 is 4.79 Å². The summed E-state index contributed by atoms with van der Waals surface area (Å²) in [4.78, 5) is 14.1. The number of nitrogens with zero attached hydrogens (tertiary/aromatic N) is 3. The number of carbonyl (C=O) groups excluding carboxylic acids is 1. The number of piperidine rings is 1. The third-order valence-corrected chi connectivity index (χ3v) is 3.44. The smallest absolute Gasteiger partial charge is 0.257 e. The molecule has 17 heavy (non-hydrogen) atoms. The fourth-order valence-corrected chi connectivity index (χ4v) is 2.34. The number of nitrogens with two attached hydrogens (primary N) is 1. The van der Waals surface area contributed by atoms with E-state index in [0.717, 1.165) is 25.9 Å². The van der Waals surface area contributed by atoms with Crippen LogP contribution in [0.4, 0.5) is 0 Å². The molecule has 5 nitrogen and oxygen atoms in total. The van der Waals surface area contributed by atoms with E-state index in [1.807, 2.05) is 18.9 Å². The van der Waals surface area contributed by atoms with E-state index in [-0.39, 0.29) is 11.9 Å². The molecular formula is C12H20N4O. The highest BCUT2D eigenvalue weighted by molar-refractivity contribution is 5.93. The van der Waals surface area contributed by atoms with E-state index < -0.39 is 0 Å². The van der Waals surface area contributed by atoms with E-state index in [0.29, 0.717) is 11.5 Å². The van der Waals surface area contributed by atoms with E-state index in [1.165, 1.54) is 0 Å². The van der Waals surface area contributed by atoms with Gasteiger partial charge in [-0.05, 0) is 25.7 Å². The lowest BCUT2D eigenvalue weighted by Crippen LogP contribution is -2.45. The van der Waals surface area contributed by atoms with Crippen LogP contribution >= 0.6 is 0 Å². The van der Waals surface area contributed by atoms with Gasteiger partial charge in [0.1, 0.15) is 0 Å². The molecule has 1 aromatic rings. The third-order valence-electron chi connectivity index (χ3n) is 3.44. The lowest BCUT2D eigenvalue weighted by Gasteiger charge is -2.34. The summed E-state index contributed by atoms with van der Waals surface area (Å²) in [6, 6.07) is 0.152. The van der Waals surface area contributed by atoms with Crippen LogP contribution in [0.1, 0.15) is 30.1 Å². The standard InChI is InChI=1S/C12H20N4O/c1-9(13)10-4-3-5-16(8-10)12(17)11-6-14-15(2)7-11/h6-7,9-10H,3-5,8,13H2,1-2H3. The number of hydrogen-bond acceptors (Lipinski definition) is 3. The summed E-state index contributed by atoms with van der Waals surface area (Å²) in [5.74, 6) is 0.493. The highest BCUT2D eigenvalue weighted by Gasteiger charge is 2.26. The molecule has 0 bridgehead atoms. The molecule has 1 amide bonds. The molecule has 1 aliphatic heterocycles. The van der Waals surface area contributed by atoms with Crippen molar-refractivity contribution >= 4 is 5.91 Å². The summed E-state index contributed by atoms with van der Waals surface area (Å²) < 4.78 is 1.65. The average Bonchev–Trinajstić information content (AvgIpc) is 2.75. The Balaban J connectivity index is 2.04. The summed E-state index contributed by atoms with van der Waals surface area (Å²) in [6.45, 7) is 3.62. The van der Waals surface area contributed by atoms with Crippen molar-refractivity contribution in [2.45, 2.75) is 25.8 Å². The minimum absolute atomic E-state index is 0.0726. The molecular weight excluding hydrogens is 216 g/mol. The number of carbonyl (C=O) groups is 1. The Kier molecular flexibility index (Phi) is 3.47. The zero-order valence-corrected chi connectivity index (χ0v) is 10.5. The molecule has 1 fully saturated rings. The number of rotatable bonds is 2. The largest absolute Gasteiger partial charge is 0.338 e. The van der Waals surface area contributed by atoms with Gasteiger partial charge in [-0.1, -0.05) is 0 Å². The molecule has 2 heterocycles. The first-order valence-corrected chi connectivity index (χ1v) is 6.11. The van der Waals surface area contributed by atoms with Crippen LogP contribution in [0.2, 0.25) is 0 Å². The molecule has 2 N–H and O–H groups in total. The van der Waals surface area contributed by atoms with Crippen LogP contribution in [0.15, 0.2) is 12.4 Å². The first kappa shape index (κ1) is 12.1. The highest BCUT2D eigenvalue weighted by Crippen LogP contribution is 2.20.